The average molecular weight is 238 g/mol. The van der Waals surface area contributed by atoms with E-state index in [9.17, 15) is 5.11 Å². The second kappa shape index (κ2) is 6.97. The first-order valence-corrected chi connectivity index (χ1v) is 6.99. The number of hydrogen-bond donors (Lipinski definition) is 1. The molecule has 1 nitrogen and oxygen atoms in total. The molecule has 16 heavy (non-hydrogen) atoms. The highest BCUT2D eigenvalue weighted by atomic mass is 32.2. The van der Waals surface area contributed by atoms with Gasteiger partial charge in [-0.1, -0.05) is 38.0 Å². The fourth-order valence-electron chi connectivity index (χ4n) is 1.70. The minimum absolute atomic E-state index is 0.189. The van der Waals surface area contributed by atoms with Crippen molar-refractivity contribution >= 4 is 11.8 Å². The highest BCUT2D eigenvalue weighted by Gasteiger charge is 2.13. The summed E-state index contributed by atoms with van der Waals surface area (Å²) in [5, 5.41) is 9.96. The van der Waals surface area contributed by atoms with E-state index in [2.05, 4.69) is 45.0 Å². The van der Waals surface area contributed by atoms with Gasteiger partial charge < -0.3 is 5.11 Å². The number of aliphatic hydroxyl groups excluding tert-OH is 1. The van der Waals surface area contributed by atoms with Crippen molar-refractivity contribution in [3.63, 3.8) is 0 Å². The van der Waals surface area contributed by atoms with Crippen LogP contribution in [0, 0.1) is 12.8 Å². The fourth-order valence-corrected chi connectivity index (χ4v) is 2.83. The number of rotatable bonds is 6. The highest BCUT2D eigenvalue weighted by molar-refractivity contribution is 7.99. The summed E-state index contributed by atoms with van der Waals surface area (Å²) >= 11 is 1.75. The first-order chi connectivity index (χ1) is 7.63. The van der Waals surface area contributed by atoms with Crippen molar-refractivity contribution in [3.8, 4) is 0 Å². The second-order valence-corrected chi connectivity index (χ2v) is 5.55. The molecule has 0 saturated carbocycles. The van der Waals surface area contributed by atoms with Crippen LogP contribution in [0.3, 0.4) is 0 Å². The SMILES string of the molecule is CCCC(C)C(O)CSc1cccc(C)c1. The van der Waals surface area contributed by atoms with Crippen LogP contribution in [0.1, 0.15) is 32.3 Å². The lowest BCUT2D eigenvalue weighted by atomic mass is 10.0. The van der Waals surface area contributed by atoms with Crippen LogP contribution in [0.15, 0.2) is 29.2 Å². The van der Waals surface area contributed by atoms with E-state index in [0.717, 1.165) is 18.6 Å². The molecule has 90 valence electrons. The summed E-state index contributed by atoms with van der Waals surface area (Å²) in [5.41, 5.74) is 1.28. The van der Waals surface area contributed by atoms with Crippen LogP contribution in [-0.4, -0.2) is 17.0 Å². The van der Waals surface area contributed by atoms with Crippen LogP contribution in [0.4, 0.5) is 0 Å². The van der Waals surface area contributed by atoms with E-state index in [-0.39, 0.29) is 6.10 Å². The molecule has 0 saturated heterocycles. The molecule has 2 atom stereocenters. The lowest BCUT2D eigenvalue weighted by Gasteiger charge is -2.17. The van der Waals surface area contributed by atoms with Gasteiger partial charge >= 0.3 is 0 Å². The third-order valence-corrected chi connectivity index (χ3v) is 3.91. The Labute approximate surface area is 103 Å². The number of thioether (sulfide) groups is 1. The molecule has 0 aromatic heterocycles. The Balaban J connectivity index is 2.39. The summed E-state index contributed by atoms with van der Waals surface area (Å²) in [6.45, 7) is 6.39. The van der Waals surface area contributed by atoms with E-state index in [1.54, 1.807) is 11.8 Å². The topological polar surface area (TPSA) is 20.2 Å². The van der Waals surface area contributed by atoms with Gasteiger partial charge in [-0.15, -0.1) is 11.8 Å². The van der Waals surface area contributed by atoms with Gasteiger partial charge in [0.05, 0.1) is 6.10 Å². The summed E-state index contributed by atoms with van der Waals surface area (Å²) in [6, 6.07) is 8.44. The zero-order chi connectivity index (χ0) is 12.0. The van der Waals surface area contributed by atoms with Crippen molar-refractivity contribution in [1.29, 1.82) is 0 Å². The van der Waals surface area contributed by atoms with Crippen molar-refractivity contribution in [1.82, 2.24) is 0 Å². The minimum Gasteiger partial charge on any atom is -0.392 e. The lowest BCUT2D eigenvalue weighted by molar-refractivity contribution is 0.134. The van der Waals surface area contributed by atoms with E-state index in [1.807, 2.05) is 0 Å². The third kappa shape index (κ3) is 4.58. The van der Waals surface area contributed by atoms with Crippen LogP contribution in [0.2, 0.25) is 0 Å². The van der Waals surface area contributed by atoms with Gasteiger partial charge in [0.25, 0.3) is 0 Å². The quantitative estimate of drug-likeness (QED) is 0.759. The molecule has 2 unspecified atom stereocenters. The van der Waals surface area contributed by atoms with E-state index in [1.165, 1.54) is 10.5 Å². The molecular formula is C14H22OS. The Morgan fingerprint density at radius 2 is 2.12 bits per heavy atom. The van der Waals surface area contributed by atoms with Gasteiger partial charge in [0.2, 0.25) is 0 Å². The maximum Gasteiger partial charge on any atom is 0.0659 e. The van der Waals surface area contributed by atoms with Crippen molar-refractivity contribution < 1.29 is 5.11 Å². The summed E-state index contributed by atoms with van der Waals surface area (Å²) in [5.74, 6) is 1.20. The fraction of sp³-hybridized carbons (Fsp3) is 0.571. The molecule has 1 N–H and O–H groups in total. The van der Waals surface area contributed by atoms with Gasteiger partial charge in [0.1, 0.15) is 0 Å². The van der Waals surface area contributed by atoms with Crippen molar-refractivity contribution in [3.05, 3.63) is 29.8 Å². The monoisotopic (exact) mass is 238 g/mol. The molecule has 2 heteroatoms. The molecule has 0 heterocycles. The van der Waals surface area contributed by atoms with E-state index in [4.69, 9.17) is 0 Å². The van der Waals surface area contributed by atoms with Gasteiger partial charge in [-0.2, -0.15) is 0 Å². The zero-order valence-corrected chi connectivity index (χ0v) is 11.3. The van der Waals surface area contributed by atoms with Gasteiger partial charge in [-0.3, -0.25) is 0 Å². The molecular weight excluding hydrogens is 216 g/mol. The molecule has 1 aromatic carbocycles. The number of aliphatic hydroxyl groups is 1. The van der Waals surface area contributed by atoms with E-state index in [0.29, 0.717) is 5.92 Å². The number of benzene rings is 1. The smallest absolute Gasteiger partial charge is 0.0659 e. The Morgan fingerprint density at radius 3 is 2.75 bits per heavy atom. The van der Waals surface area contributed by atoms with Crippen LogP contribution < -0.4 is 0 Å². The van der Waals surface area contributed by atoms with Crippen LogP contribution in [0.25, 0.3) is 0 Å². The highest BCUT2D eigenvalue weighted by Crippen LogP contribution is 2.22. The molecule has 0 aliphatic carbocycles. The Bertz CT molecular complexity index is 311. The standard InChI is InChI=1S/C14H22OS/c1-4-6-12(3)14(15)10-16-13-8-5-7-11(2)9-13/h5,7-9,12,14-15H,4,6,10H2,1-3H3. The molecule has 0 radical (unpaired) electrons. The molecule has 0 spiro atoms. The second-order valence-electron chi connectivity index (χ2n) is 4.46. The van der Waals surface area contributed by atoms with Gasteiger partial charge in [0, 0.05) is 10.6 Å². The first-order valence-electron chi connectivity index (χ1n) is 6.01. The van der Waals surface area contributed by atoms with E-state index < -0.39 is 0 Å². The van der Waals surface area contributed by atoms with Crippen molar-refractivity contribution in [2.45, 2.75) is 44.6 Å². The maximum absolute atomic E-state index is 9.96. The number of hydrogen-bond acceptors (Lipinski definition) is 2. The molecule has 0 fully saturated rings. The molecule has 0 bridgehead atoms. The largest absolute Gasteiger partial charge is 0.392 e. The number of aryl methyl sites for hydroxylation is 1. The summed E-state index contributed by atoms with van der Waals surface area (Å²) in [4.78, 5) is 1.25. The summed E-state index contributed by atoms with van der Waals surface area (Å²) in [6.07, 6.45) is 2.06. The molecule has 1 aromatic rings. The van der Waals surface area contributed by atoms with Crippen LogP contribution in [0.5, 0.6) is 0 Å². The molecule has 0 amide bonds. The predicted molar refractivity (Wildman–Crippen MR) is 72.0 cm³/mol. The van der Waals surface area contributed by atoms with Gasteiger partial charge in [-0.25, -0.2) is 0 Å². The summed E-state index contributed by atoms with van der Waals surface area (Å²) in [7, 11) is 0. The third-order valence-electron chi connectivity index (χ3n) is 2.81. The molecule has 0 aliphatic heterocycles. The van der Waals surface area contributed by atoms with Gasteiger partial charge in [0.15, 0.2) is 0 Å². The predicted octanol–water partition coefficient (Wildman–Crippen LogP) is 3.88. The van der Waals surface area contributed by atoms with Crippen LogP contribution in [-0.2, 0) is 0 Å². The first kappa shape index (κ1) is 13.6. The Morgan fingerprint density at radius 1 is 1.38 bits per heavy atom. The maximum atomic E-state index is 9.96. The minimum atomic E-state index is -0.189. The lowest BCUT2D eigenvalue weighted by Crippen LogP contribution is -2.19. The average Bonchev–Trinajstić information content (AvgIpc) is 2.26. The van der Waals surface area contributed by atoms with Crippen LogP contribution >= 0.6 is 11.8 Å². The summed E-state index contributed by atoms with van der Waals surface area (Å²) < 4.78 is 0. The molecule has 0 aliphatic rings. The van der Waals surface area contributed by atoms with E-state index >= 15 is 0 Å². The van der Waals surface area contributed by atoms with Gasteiger partial charge in [-0.05, 0) is 31.4 Å². The Hall–Kier alpha value is -0.470. The normalized spacial score (nSPS) is 14.8. The molecule has 1 rings (SSSR count). The zero-order valence-electron chi connectivity index (χ0n) is 10.4. The van der Waals surface area contributed by atoms with Crippen molar-refractivity contribution in [2.24, 2.45) is 5.92 Å². The van der Waals surface area contributed by atoms with Crippen molar-refractivity contribution in [2.75, 3.05) is 5.75 Å². The Kier molecular flexibility index (Phi) is 5.93.